The van der Waals surface area contributed by atoms with E-state index in [1.807, 2.05) is 12.1 Å². The Kier molecular flexibility index (Phi) is 4.02. The van der Waals surface area contributed by atoms with Gasteiger partial charge in [-0.15, -0.1) is 0 Å². The fourth-order valence-electron chi connectivity index (χ4n) is 3.03. The van der Waals surface area contributed by atoms with Crippen LogP contribution in [0.2, 0.25) is 0 Å². The fraction of sp³-hybridized carbons (Fsp3) is 0.130. The van der Waals surface area contributed by atoms with Crippen LogP contribution in [0.15, 0.2) is 78.9 Å². The SMILES string of the molecule is CC(C)c1nc(-c2ccccc2)c2ccc(-c3ccccc3)cc2n1. The number of aromatic nitrogens is 2. The molecule has 0 atom stereocenters. The van der Waals surface area contributed by atoms with Crippen LogP contribution in [0, 0.1) is 0 Å². The van der Waals surface area contributed by atoms with Crippen molar-refractivity contribution in [2.45, 2.75) is 19.8 Å². The van der Waals surface area contributed by atoms with E-state index in [0.29, 0.717) is 0 Å². The van der Waals surface area contributed by atoms with Gasteiger partial charge in [-0.3, -0.25) is 0 Å². The van der Waals surface area contributed by atoms with Gasteiger partial charge in [0.15, 0.2) is 0 Å². The van der Waals surface area contributed by atoms with Crippen LogP contribution in [0.3, 0.4) is 0 Å². The van der Waals surface area contributed by atoms with Gasteiger partial charge in [-0.1, -0.05) is 80.6 Å². The molecular weight excluding hydrogens is 304 g/mol. The number of nitrogens with zero attached hydrogens (tertiary/aromatic N) is 2. The summed E-state index contributed by atoms with van der Waals surface area (Å²) < 4.78 is 0. The summed E-state index contributed by atoms with van der Waals surface area (Å²) in [7, 11) is 0. The molecule has 1 heterocycles. The summed E-state index contributed by atoms with van der Waals surface area (Å²) in [6, 6.07) is 27.2. The second-order valence-electron chi connectivity index (χ2n) is 6.55. The topological polar surface area (TPSA) is 25.8 Å². The van der Waals surface area contributed by atoms with Crippen molar-refractivity contribution in [3.05, 3.63) is 84.7 Å². The first kappa shape index (κ1) is 15.5. The van der Waals surface area contributed by atoms with Gasteiger partial charge in [-0.25, -0.2) is 9.97 Å². The molecule has 2 heteroatoms. The number of fused-ring (bicyclic) bond motifs is 1. The van der Waals surface area contributed by atoms with Gasteiger partial charge in [0.1, 0.15) is 5.82 Å². The van der Waals surface area contributed by atoms with Crippen LogP contribution in [0.25, 0.3) is 33.3 Å². The second-order valence-corrected chi connectivity index (χ2v) is 6.55. The molecule has 0 saturated carbocycles. The van der Waals surface area contributed by atoms with E-state index in [1.54, 1.807) is 0 Å². The van der Waals surface area contributed by atoms with Gasteiger partial charge in [0, 0.05) is 16.9 Å². The zero-order chi connectivity index (χ0) is 17.2. The Morgan fingerprint density at radius 2 is 1.28 bits per heavy atom. The van der Waals surface area contributed by atoms with Crippen molar-refractivity contribution in [3.63, 3.8) is 0 Å². The molecule has 0 bridgehead atoms. The van der Waals surface area contributed by atoms with Crippen LogP contribution in [0.4, 0.5) is 0 Å². The number of hydrogen-bond donors (Lipinski definition) is 0. The zero-order valence-electron chi connectivity index (χ0n) is 14.5. The van der Waals surface area contributed by atoms with Gasteiger partial charge < -0.3 is 0 Å². The van der Waals surface area contributed by atoms with E-state index in [0.717, 1.165) is 28.0 Å². The molecule has 25 heavy (non-hydrogen) atoms. The molecule has 0 spiro atoms. The van der Waals surface area contributed by atoms with Crippen molar-refractivity contribution in [1.82, 2.24) is 9.97 Å². The molecule has 0 N–H and O–H groups in total. The first-order valence-electron chi connectivity index (χ1n) is 8.65. The Morgan fingerprint density at radius 1 is 0.640 bits per heavy atom. The van der Waals surface area contributed by atoms with Crippen LogP contribution < -0.4 is 0 Å². The smallest absolute Gasteiger partial charge is 0.132 e. The molecule has 3 aromatic carbocycles. The minimum absolute atomic E-state index is 0.284. The number of hydrogen-bond acceptors (Lipinski definition) is 2. The van der Waals surface area contributed by atoms with Gasteiger partial charge in [0.05, 0.1) is 11.2 Å². The predicted octanol–water partition coefficient (Wildman–Crippen LogP) is 6.09. The van der Waals surface area contributed by atoms with Crippen LogP contribution >= 0.6 is 0 Å². The summed E-state index contributed by atoms with van der Waals surface area (Å²) in [6.07, 6.45) is 0. The van der Waals surface area contributed by atoms with Gasteiger partial charge in [-0.05, 0) is 23.3 Å². The van der Waals surface area contributed by atoms with Gasteiger partial charge in [-0.2, -0.15) is 0 Å². The molecule has 0 unspecified atom stereocenters. The van der Waals surface area contributed by atoms with E-state index in [9.17, 15) is 0 Å². The Bertz CT molecular complexity index is 1010. The van der Waals surface area contributed by atoms with E-state index in [2.05, 4.69) is 80.6 Å². The summed E-state index contributed by atoms with van der Waals surface area (Å²) in [4.78, 5) is 9.70. The Balaban J connectivity index is 1.96. The highest BCUT2D eigenvalue weighted by atomic mass is 14.9. The molecule has 0 aliphatic heterocycles. The highest BCUT2D eigenvalue weighted by molar-refractivity contribution is 5.94. The molecule has 0 aliphatic carbocycles. The molecule has 122 valence electrons. The third-order valence-electron chi connectivity index (χ3n) is 4.38. The number of benzene rings is 3. The third kappa shape index (κ3) is 3.03. The maximum absolute atomic E-state index is 4.86. The maximum atomic E-state index is 4.86. The van der Waals surface area contributed by atoms with Crippen molar-refractivity contribution in [2.75, 3.05) is 0 Å². The molecule has 0 fully saturated rings. The molecule has 0 radical (unpaired) electrons. The van der Waals surface area contributed by atoms with Crippen molar-refractivity contribution < 1.29 is 0 Å². The molecule has 0 amide bonds. The van der Waals surface area contributed by atoms with Crippen LogP contribution in [-0.2, 0) is 0 Å². The van der Waals surface area contributed by atoms with Gasteiger partial charge >= 0.3 is 0 Å². The average molecular weight is 324 g/mol. The molecule has 1 aromatic heterocycles. The van der Waals surface area contributed by atoms with Gasteiger partial charge in [0.25, 0.3) is 0 Å². The summed E-state index contributed by atoms with van der Waals surface area (Å²) in [5.41, 5.74) is 5.52. The molecule has 0 saturated heterocycles. The first-order chi connectivity index (χ1) is 12.2. The van der Waals surface area contributed by atoms with E-state index in [1.165, 1.54) is 11.1 Å². The van der Waals surface area contributed by atoms with Gasteiger partial charge in [0.2, 0.25) is 0 Å². The normalized spacial score (nSPS) is 11.2. The lowest BCUT2D eigenvalue weighted by atomic mass is 10.0. The Labute approximate surface area is 148 Å². The predicted molar refractivity (Wildman–Crippen MR) is 104 cm³/mol. The summed E-state index contributed by atoms with van der Waals surface area (Å²) in [6.45, 7) is 4.27. The van der Waals surface area contributed by atoms with E-state index in [4.69, 9.17) is 9.97 Å². The Morgan fingerprint density at radius 3 is 1.92 bits per heavy atom. The lowest BCUT2D eigenvalue weighted by Gasteiger charge is -2.12. The fourth-order valence-corrected chi connectivity index (χ4v) is 3.03. The average Bonchev–Trinajstić information content (AvgIpc) is 2.68. The highest BCUT2D eigenvalue weighted by Gasteiger charge is 2.12. The van der Waals surface area contributed by atoms with Crippen LogP contribution in [0.5, 0.6) is 0 Å². The van der Waals surface area contributed by atoms with Crippen LogP contribution in [-0.4, -0.2) is 9.97 Å². The lowest BCUT2D eigenvalue weighted by molar-refractivity contribution is 0.784. The summed E-state index contributed by atoms with van der Waals surface area (Å²) in [5.74, 6) is 1.17. The molecule has 4 rings (SSSR count). The van der Waals surface area contributed by atoms with Crippen molar-refractivity contribution >= 4 is 10.9 Å². The van der Waals surface area contributed by atoms with Crippen LogP contribution in [0.1, 0.15) is 25.6 Å². The van der Waals surface area contributed by atoms with Crippen molar-refractivity contribution in [3.8, 4) is 22.4 Å². The summed E-state index contributed by atoms with van der Waals surface area (Å²) >= 11 is 0. The summed E-state index contributed by atoms with van der Waals surface area (Å²) in [5, 5.41) is 1.09. The second kappa shape index (κ2) is 6.48. The Hall–Kier alpha value is -3.00. The standard InChI is InChI=1S/C23H20N2/c1-16(2)23-24-21-15-19(17-9-5-3-6-10-17)13-14-20(21)22(25-23)18-11-7-4-8-12-18/h3-16H,1-2H3. The van der Waals surface area contributed by atoms with E-state index < -0.39 is 0 Å². The highest BCUT2D eigenvalue weighted by Crippen LogP contribution is 2.30. The maximum Gasteiger partial charge on any atom is 0.132 e. The lowest BCUT2D eigenvalue weighted by Crippen LogP contribution is -2.00. The largest absolute Gasteiger partial charge is 0.233 e. The minimum atomic E-state index is 0.284. The molecule has 4 aromatic rings. The van der Waals surface area contributed by atoms with Crippen molar-refractivity contribution in [2.24, 2.45) is 0 Å². The molecular formula is C23H20N2. The quantitative estimate of drug-likeness (QED) is 0.456. The number of rotatable bonds is 3. The molecule has 2 nitrogen and oxygen atoms in total. The zero-order valence-corrected chi connectivity index (χ0v) is 14.5. The monoisotopic (exact) mass is 324 g/mol. The minimum Gasteiger partial charge on any atom is -0.233 e. The van der Waals surface area contributed by atoms with E-state index >= 15 is 0 Å². The molecule has 0 aliphatic rings. The van der Waals surface area contributed by atoms with E-state index in [-0.39, 0.29) is 5.92 Å². The first-order valence-corrected chi connectivity index (χ1v) is 8.65. The van der Waals surface area contributed by atoms with Crippen molar-refractivity contribution in [1.29, 1.82) is 0 Å². The third-order valence-corrected chi connectivity index (χ3v) is 4.38.